The van der Waals surface area contributed by atoms with E-state index in [9.17, 15) is 8.42 Å². The van der Waals surface area contributed by atoms with Gasteiger partial charge in [0.2, 0.25) is 10.0 Å². The van der Waals surface area contributed by atoms with E-state index in [4.69, 9.17) is 0 Å². The van der Waals surface area contributed by atoms with Crippen molar-refractivity contribution in [3.05, 3.63) is 6.42 Å². The zero-order valence-electron chi connectivity index (χ0n) is 12.3. The molecule has 0 spiro atoms. The van der Waals surface area contributed by atoms with Gasteiger partial charge in [-0.3, -0.25) is 0 Å². The van der Waals surface area contributed by atoms with Gasteiger partial charge in [-0.2, -0.15) is 0 Å². The zero-order chi connectivity index (χ0) is 14.0. The van der Waals surface area contributed by atoms with Crippen molar-refractivity contribution >= 4 is 10.0 Å². The van der Waals surface area contributed by atoms with Crippen LogP contribution in [-0.2, 0) is 10.0 Å². The third-order valence-corrected chi connectivity index (χ3v) is 7.19. The van der Waals surface area contributed by atoms with Crippen LogP contribution in [-0.4, -0.2) is 55.6 Å². The van der Waals surface area contributed by atoms with Gasteiger partial charge in [0.1, 0.15) is 0 Å². The molecule has 115 valence electrons. The largest absolute Gasteiger partial charge is 0.300 e. The molecule has 1 saturated carbocycles. The smallest absolute Gasteiger partial charge is 0.214 e. The van der Waals surface area contributed by atoms with Crippen LogP contribution in [0.4, 0.5) is 0 Å². The van der Waals surface area contributed by atoms with Crippen LogP contribution in [0, 0.1) is 12.3 Å². The molecule has 0 aromatic carbocycles. The Morgan fingerprint density at radius 2 is 1.75 bits per heavy atom. The number of piperidine rings is 3. The van der Waals surface area contributed by atoms with Gasteiger partial charge in [-0.25, -0.2) is 12.7 Å². The lowest BCUT2D eigenvalue weighted by molar-refractivity contribution is 0.0494. The Balaban J connectivity index is 1.45. The summed E-state index contributed by atoms with van der Waals surface area (Å²) in [6.07, 6.45) is 10.3. The third-order valence-electron chi connectivity index (χ3n) is 5.23. The molecule has 3 aliphatic heterocycles. The van der Waals surface area contributed by atoms with Crippen molar-refractivity contribution in [3.63, 3.8) is 0 Å². The first-order chi connectivity index (χ1) is 9.65. The molecule has 4 rings (SSSR count). The molecule has 0 aromatic rings. The fraction of sp³-hybridized carbons (Fsp3) is 0.933. The average molecular weight is 299 g/mol. The maximum atomic E-state index is 12.3. The van der Waals surface area contributed by atoms with Gasteiger partial charge in [0.05, 0.1) is 5.75 Å². The summed E-state index contributed by atoms with van der Waals surface area (Å²) in [4.78, 5) is 2.55. The minimum atomic E-state index is -3.01. The lowest BCUT2D eigenvalue weighted by Crippen LogP contribution is -2.48. The molecule has 0 atom stereocenters. The van der Waals surface area contributed by atoms with E-state index in [2.05, 4.69) is 11.3 Å². The van der Waals surface area contributed by atoms with Gasteiger partial charge < -0.3 is 4.90 Å². The van der Waals surface area contributed by atoms with Gasteiger partial charge in [-0.1, -0.05) is 0 Å². The van der Waals surface area contributed by atoms with Gasteiger partial charge in [-0.15, -0.1) is 0 Å². The molecule has 20 heavy (non-hydrogen) atoms. The van der Waals surface area contributed by atoms with Crippen LogP contribution in [0.2, 0.25) is 0 Å². The molecule has 1 radical (unpaired) electrons. The first-order valence-electron chi connectivity index (χ1n) is 8.19. The minimum Gasteiger partial charge on any atom is -0.300 e. The van der Waals surface area contributed by atoms with Crippen molar-refractivity contribution in [2.24, 2.45) is 5.92 Å². The molecular formula is C15H27N2O2S. The van der Waals surface area contributed by atoms with Crippen molar-refractivity contribution in [2.75, 3.05) is 31.9 Å². The standard InChI is InChI=1S/C15H27N2O2S/c18-20(19,17-10-2-1-3-11-17)12-4-9-16-13-14-5-7-15(16)8-6-14/h1,14-15H,2-13H2. The van der Waals surface area contributed by atoms with E-state index < -0.39 is 10.0 Å². The molecule has 0 aromatic heterocycles. The van der Waals surface area contributed by atoms with Gasteiger partial charge in [0.25, 0.3) is 0 Å². The van der Waals surface area contributed by atoms with Crippen molar-refractivity contribution in [3.8, 4) is 0 Å². The van der Waals surface area contributed by atoms with E-state index in [0.29, 0.717) is 18.8 Å². The monoisotopic (exact) mass is 299 g/mol. The quantitative estimate of drug-likeness (QED) is 0.778. The van der Waals surface area contributed by atoms with Crippen LogP contribution < -0.4 is 0 Å². The van der Waals surface area contributed by atoms with E-state index in [0.717, 1.165) is 37.8 Å². The molecule has 4 aliphatic rings. The van der Waals surface area contributed by atoms with E-state index in [1.54, 1.807) is 4.31 Å². The second kappa shape index (κ2) is 6.32. The SMILES string of the molecule is O=S(=O)(CCCN1CC2CCC1CC2)N1CC[CH]CC1. The number of fused-ring (bicyclic) bond motifs is 3. The van der Waals surface area contributed by atoms with E-state index in [-0.39, 0.29) is 0 Å². The van der Waals surface area contributed by atoms with E-state index >= 15 is 0 Å². The number of sulfonamides is 1. The van der Waals surface area contributed by atoms with Crippen molar-refractivity contribution in [1.82, 2.24) is 9.21 Å². The molecule has 0 amide bonds. The summed E-state index contributed by atoms with van der Waals surface area (Å²) in [5.74, 6) is 1.22. The number of nitrogens with zero attached hydrogens (tertiary/aromatic N) is 2. The third kappa shape index (κ3) is 3.37. The Morgan fingerprint density at radius 1 is 1.05 bits per heavy atom. The summed E-state index contributed by atoms with van der Waals surface area (Å²) in [5, 5.41) is 0. The van der Waals surface area contributed by atoms with Crippen LogP contribution in [0.5, 0.6) is 0 Å². The van der Waals surface area contributed by atoms with E-state index in [1.165, 1.54) is 32.2 Å². The highest BCUT2D eigenvalue weighted by molar-refractivity contribution is 7.89. The van der Waals surface area contributed by atoms with Crippen molar-refractivity contribution in [1.29, 1.82) is 0 Å². The maximum absolute atomic E-state index is 12.3. The second-order valence-corrected chi connectivity index (χ2v) is 8.69. The molecule has 0 N–H and O–H groups in total. The number of hydrogen-bond donors (Lipinski definition) is 0. The topological polar surface area (TPSA) is 40.6 Å². The van der Waals surface area contributed by atoms with Crippen LogP contribution in [0.25, 0.3) is 0 Å². The highest BCUT2D eigenvalue weighted by Gasteiger charge is 2.33. The lowest BCUT2D eigenvalue weighted by atomic mass is 9.80. The Hall–Kier alpha value is -0.130. The second-order valence-electron chi connectivity index (χ2n) is 6.60. The highest BCUT2D eigenvalue weighted by Crippen LogP contribution is 2.34. The lowest BCUT2D eigenvalue weighted by Gasteiger charge is -2.45. The Morgan fingerprint density at radius 3 is 2.35 bits per heavy atom. The molecule has 3 saturated heterocycles. The molecule has 5 heteroatoms. The molecule has 2 bridgehead atoms. The van der Waals surface area contributed by atoms with Crippen LogP contribution >= 0.6 is 0 Å². The van der Waals surface area contributed by atoms with Gasteiger partial charge in [0.15, 0.2) is 0 Å². The Labute approximate surface area is 123 Å². The summed E-state index contributed by atoms with van der Waals surface area (Å²) < 4.78 is 26.3. The first-order valence-corrected chi connectivity index (χ1v) is 9.79. The first kappa shape index (κ1) is 14.8. The van der Waals surface area contributed by atoms with Gasteiger partial charge in [0, 0.05) is 25.7 Å². The molecule has 4 nitrogen and oxygen atoms in total. The van der Waals surface area contributed by atoms with Crippen molar-refractivity contribution < 1.29 is 8.42 Å². The summed E-state index contributed by atoms with van der Waals surface area (Å²) in [7, 11) is -3.01. The molecule has 1 aliphatic carbocycles. The summed E-state index contributed by atoms with van der Waals surface area (Å²) in [6.45, 7) is 3.57. The summed E-state index contributed by atoms with van der Waals surface area (Å²) >= 11 is 0. The molecule has 0 unspecified atom stereocenters. The highest BCUT2D eigenvalue weighted by atomic mass is 32.2. The van der Waals surface area contributed by atoms with Crippen LogP contribution in [0.15, 0.2) is 0 Å². The average Bonchev–Trinajstić information content (AvgIpc) is 2.49. The normalized spacial score (nSPS) is 32.6. The number of rotatable bonds is 5. The number of hydrogen-bond acceptors (Lipinski definition) is 3. The zero-order valence-corrected chi connectivity index (χ0v) is 13.2. The fourth-order valence-corrected chi connectivity index (χ4v) is 5.55. The van der Waals surface area contributed by atoms with Crippen LogP contribution in [0.3, 0.4) is 0 Å². The molecule has 4 fully saturated rings. The molecule has 3 heterocycles. The predicted molar refractivity (Wildman–Crippen MR) is 80.8 cm³/mol. The Bertz CT molecular complexity index is 410. The minimum absolute atomic E-state index is 0.334. The van der Waals surface area contributed by atoms with Gasteiger partial charge in [-0.05, 0) is 63.8 Å². The van der Waals surface area contributed by atoms with Gasteiger partial charge >= 0.3 is 0 Å². The summed E-state index contributed by atoms with van der Waals surface area (Å²) in [5.41, 5.74) is 0. The summed E-state index contributed by atoms with van der Waals surface area (Å²) in [6, 6.07) is 0.743. The van der Waals surface area contributed by atoms with E-state index in [1.807, 2.05) is 0 Å². The van der Waals surface area contributed by atoms with Crippen molar-refractivity contribution in [2.45, 2.75) is 51.0 Å². The predicted octanol–water partition coefficient (Wildman–Crippen LogP) is 1.88. The Kier molecular flexibility index (Phi) is 4.68. The fourth-order valence-electron chi connectivity index (χ4n) is 4.03. The van der Waals surface area contributed by atoms with Crippen LogP contribution in [0.1, 0.15) is 44.9 Å². The maximum Gasteiger partial charge on any atom is 0.214 e. The molecular weight excluding hydrogens is 272 g/mol.